The molecule has 0 aliphatic heterocycles. The van der Waals surface area contributed by atoms with Crippen LogP contribution >= 0.6 is 0 Å². The zero-order valence-corrected chi connectivity index (χ0v) is 17.4. The van der Waals surface area contributed by atoms with Crippen molar-refractivity contribution >= 4 is 26.6 Å². The number of carboxylic acids is 1. The number of fused-ring (bicyclic) bond motifs is 1. The molecule has 4 nitrogen and oxygen atoms in total. The number of benzene rings is 3. The Kier molecular flexibility index (Phi) is 6.70. The smallest absolute Gasteiger partial charge is 0.303 e. The third kappa shape index (κ3) is 5.04. The van der Waals surface area contributed by atoms with Crippen molar-refractivity contribution in [2.45, 2.75) is 55.2 Å². The highest BCUT2D eigenvalue weighted by Crippen LogP contribution is 2.29. The van der Waals surface area contributed by atoms with Gasteiger partial charge in [-0.25, -0.2) is 8.42 Å². The van der Waals surface area contributed by atoms with Crippen molar-refractivity contribution < 1.29 is 18.3 Å². The molecule has 0 aliphatic rings. The Morgan fingerprint density at radius 2 is 1.59 bits per heavy atom. The molecule has 3 aromatic rings. The van der Waals surface area contributed by atoms with E-state index in [9.17, 15) is 13.2 Å². The number of aliphatic carboxylic acids is 1. The van der Waals surface area contributed by atoms with E-state index in [2.05, 4.69) is 6.92 Å². The monoisotopic (exact) mass is 410 g/mol. The molecule has 0 atom stereocenters. The van der Waals surface area contributed by atoms with Crippen LogP contribution in [0.4, 0.5) is 0 Å². The lowest BCUT2D eigenvalue weighted by Crippen LogP contribution is -2.02. The minimum atomic E-state index is -3.54. The fourth-order valence-corrected chi connectivity index (χ4v) is 4.96. The second-order valence-electron chi connectivity index (χ2n) is 7.37. The number of hydrogen-bond donors (Lipinski definition) is 1. The minimum Gasteiger partial charge on any atom is -0.481 e. The Morgan fingerprint density at radius 1 is 0.862 bits per heavy atom. The number of carbonyl (C=O) groups is 1. The summed E-state index contributed by atoms with van der Waals surface area (Å²) in [7, 11) is -3.54. The van der Waals surface area contributed by atoms with Crippen LogP contribution in [0.25, 0.3) is 10.8 Å². The van der Waals surface area contributed by atoms with Crippen molar-refractivity contribution in [2.24, 2.45) is 0 Å². The third-order valence-electron chi connectivity index (χ3n) is 5.27. The predicted octanol–water partition coefficient (Wildman–Crippen LogP) is 5.56. The topological polar surface area (TPSA) is 71.4 Å². The van der Waals surface area contributed by atoms with E-state index < -0.39 is 15.8 Å². The first kappa shape index (κ1) is 21.1. The standard InChI is InChI=1S/C24H26O4S/c1-18-13-14-19-17-21(29(27,28)20-9-5-4-6-10-20)15-16-23(19)22(18)11-7-2-3-8-12-24(25)26/h4-6,9-10,13-17H,2-3,7-8,11-12H2,1H3,(H,25,26). The van der Waals surface area contributed by atoms with Gasteiger partial charge in [0.1, 0.15) is 0 Å². The Hall–Kier alpha value is -2.66. The maximum Gasteiger partial charge on any atom is 0.303 e. The van der Waals surface area contributed by atoms with Gasteiger partial charge >= 0.3 is 5.97 Å². The molecule has 3 aromatic carbocycles. The van der Waals surface area contributed by atoms with Crippen molar-refractivity contribution in [3.8, 4) is 0 Å². The summed E-state index contributed by atoms with van der Waals surface area (Å²) < 4.78 is 25.8. The van der Waals surface area contributed by atoms with Gasteiger partial charge < -0.3 is 5.11 Å². The number of unbranched alkanes of at least 4 members (excludes halogenated alkanes) is 3. The van der Waals surface area contributed by atoms with Gasteiger partial charge in [-0.15, -0.1) is 0 Å². The Morgan fingerprint density at radius 3 is 2.31 bits per heavy atom. The van der Waals surface area contributed by atoms with E-state index in [4.69, 9.17) is 5.11 Å². The highest BCUT2D eigenvalue weighted by Gasteiger charge is 2.18. The van der Waals surface area contributed by atoms with Gasteiger partial charge in [-0.2, -0.15) is 0 Å². The van der Waals surface area contributed by atoms with E-state index in [1.807, 2.05) is 18.2 Å². The van der Waals surface area contributed by atoms with E-state index >= 15 is 0 Å². The minimum absolute atomic E-state index is 0.228. The van der Waals surface area contributed by atoms with Gasteiger partial charge in [0.25, 0.3) is 0 Å². The quantitative estimate of drug-likeness (QED) is 0.469. The third-order valence-corrected chi connectivity index (χ3v) is 7.04. The number of sulfone groups is 1. The summed E-state index contributed by atoms with van der Waals surface area (Å²) in [6, 6.07) is 17.9. The van der Waals surface area contributed by atoms with Gasteiger partial charge in [0, 0.05) is 6.42 Å². The first-order valence-electron chi connectivity index (χ1n) is 9.94. The number of hydrogen-bond acceptors (Lipinski definition) is 3. The Labute approximate surface area is 172 Å². The molecule has 0 aromatic heterocycles. The van der Waals surface area contributed by atoms with Crippen LogP contribution in [-0.2, 0) is 21.1 Å². The number of carboxylic acid groups (broad SMARTS) is 1. The molecule has 152 valence electrons. The fraction of sp³-hybridized carbons (Fsp3) is 0.292. The van der Waals surface area contributed by atoms with E-state index in [1.165, 1.54) is 11.1 Å². The van der Waals surface area contributed by atoms with E-state index in [1.54, 1.807) is 42.5 Å². The molecule has 5 heteroatoms. The molecule has 0 saturated heterocycles. The van der Waals surface area contributed by atoms with Crippen molar-refractivity contribution in [3.63, 3.8) is 0 Å². The molecule has 0 fully saturated rings. The van der Waals surface area contributed by atoms with Crippen LogP contribution in [0.2, 0.25) is 0 Å². The first-order valence-corrected chi connectivity index (χ1v) is 11.4. The Balaban J connectivity index is 1.81. The second-order valence-corrected chi connectivity index (χ2v) is 9.32. The van der Waals surface area contributed by atoms with Crippen LogP contribution in [0.15, 0.2) is 70.5 Å². The molecule has 0 spiro atoms. The second kappa shape index (κ2) is 9.23. The molecule has 0 amide bonds. The highest BCUT2D eigenvalue weighted by atomic mass is 32.2. The number of aryl methyl sites for hydroxylation is 2. The van der Waals surface area contributed by atoms with Crippen LogP contribution < -0.4 is 0 Å². The summed E-state index contributed by atoms with van der Waals surface area (Å²) in [4.78, 5) is 11.2. The van der Waals surface area contributed by atoms with E-state index in [0.29, 0.717) is 16.2 Å². The molecule has 0 aliphatic carbocycles. The van der Waals surface area contributed by atoms with Crippen LogP contribution in [0.5, 0.6) is 0 Å². The van der Waals surface area contributed by atoms with Crippen LogP contribution in [-0.4, -0.2) is 19.5 Å². The van der Waals surface area contributed by atoms with Gasteiger partial charge in [-0.1, -0.05) is 49.2 Å². The summed E-state index contributed by atoms with van der Waals surface area (Å²) in [6.07, 6.45) is 4.74. The molecule has 3 rings (SSSR count). The molecular formula is C24H26O4S. The fourth-order valence-electron chi connectivity index (χ4n) is 3.65. The molecule has 0 heterocycles. The van der Waals surface area contributed by atoms with E-state index in [-0.39, 0.29) is 6.42 Å². The SMILES string of the molecule is Cc1ccc2cc(S(=O)(=O)c3ccccc3)ccc2c1CCCCCCC(=O)O. The van der Waals surface area contributed by atoms with Gasteiger partial charge in [-0.05, 0) is 72.4 Å². The van der Waals surface area contributed by atoms with Gasteiger partial charge in [0.15, 0.2) is 0 Å². The summed E-state index contributed by atoms with van der Waals surface area (Å²) in [5.41, 5.74) is 2.44. The molecule has 0 unspecified atom stereocenters. The zero-order chi connectivity index (χ0) is 20.9. The van der Waals surface area contributed by atoms with E-state index in [0.717, 1.165) is 36.5 Å². The van der Waals surface area contributed by atoms with Crippen LogP contribution in [0.3, 0.4) is 0 Å². The maximum atomic E-state index is 12.9. The largest absolute Gasteiger partial charge is 0.481 e. The molecule has 0 bridgehead atoms. The highest BCUT2D eigenvalue weighted by molar-refractivity contribution is 7.91. The average molecular weight is 411 g/mol. The van der Waals surface area contributed by atoms with Crippen molar-refractivity contribution in [1.29, 1.82) is 0 Å². The van der Waals surface area contributed by atoms with Crippen molar-refractivity contribution in [1.82, 2.24) is 0 Å². The Bertz CT molecular complexity index is 1100. The molecule has 29 heavy (non-hydrogen) atoms. The molecular weight excluding hydrogens is 384 g/mol. The van der Waals surface area contributed by atoms with Crippen molar-refractivity contribution in [2.75, 3.05) is 0 Å². The van der Waals surface area contributed by atoms with Crippen molar-refractivity contribution in [3.05, 3.63) is 71.8 Å². The zero-order valence-electron chi connectivity index (χ0n) is 16.6. The summed E-state index contributed by atoms with van der Waals surface area (Å²) in [5, 5.41) is 10.7. The summed E-state index contributed by atoms with van der Waals surface area (Å²) in [6.45, 7) is 2.08. The average Bonchev–Trinajstić information content (AvgIpc) is 2.72. The van der Waals surface area contributed by atoms with Gasteiger partial charge in [0.2, 0.25) is 9.84 Å². The van der Waals surface area contributed by atoms with Gasteiger partial charge in [-0.3, -0.25) is 4.79 Å². The van der Waals surface area contributed by atoms with Crippen LogP contribution in [0, 0.1) is 6.92 Å². The summed E-state index contributed by atoms with van der Waals surface area (Å²) >= 11 is 0. The lowest BCUT2D eigenvalue weighted by molar-refractivity contribution is -0.137. The van der Waals surface area contributed by atoms with Gasteiger partial charge in [0.05, 0.1) is 9.79 Å². The maximum absolute atomic E-state index is 12.9. The summed E-state index contributed by atoms with van der Waals surface area (Å²) in [5.74, 6) is -0.740. The lowest BCUT2D eigenvalue weighted by atomic mass is 9.95. The molecule has 1 N–H and O–H groups in total. The molecule has 0 radical (unpaired) electrons. The predicted molar refractivity (Wildman–Crippen MR) is 115 cm³/mol. The number of rotatable bonds is 9. The normalized spacial score (nSPS) is 11.6. The first-order chi connectivity index (χ1) is 13.9. The van der Waals surface area contributed by atoms with Crippen LogP contribution in [0.1, 0.15) is 43.2 Å². The molecule has 0 saturated carbocycles. The lowest BCUT2D eigenvalue weighted by Gasteiger charge is -2.12.